The van der Waals surface area contributed by atoms with E-state index < -0.39 is 0 Å². The van der Waals surface area contributed by atoms with Crippen LogP contribution in [0.1, 0.15) is 12.8 Å². The van der Waals surface area contributed by atoms with Crippen LogP contribution < -0.4 is 0 Å². The van der Waals surface area contributed by atoms with Crippen molar-refractivity contribution in [2.24, 2.45) is 0 Å². The van der Waals surface area contributed by atoms with Crippen LogP contribution in [-0.4, -0.2) is 11.9 Å². The molecule has 2 heteroatoms. The van der Waals surface area contributed by atoms with Gasteiger partial charge < -0.3 is 4.18 Å². The van der Waals surface area contributed by atoms with Crippen LogP contribution in [-0.2, 0) is 4.18 Å². The predicted molar refractivity (Wildman–Crippen MR) is 36.8 cm³/mol. The number of rotatable bonds is 2. The first kappa shape index (κ1) is 6.17. The summed E-state index contributed by atoms with van der Waals surface area (Å²) in [5, 5.41) is 0.687. The minimum Gasteiger partial charge on any atom is -0.315 e. The Morgan fingerprint density at radius 2 is 2.75 bits per heavy atom. The molecule has 46 valence electrons. The van der Waals surface area contributed by atoms with Crippen LogP contribution >= 0.6 is 12.0 Å². The van der Waals surface area contributed by atoms with Crippen LogP contribution in [0.4, 0.5) is 0 Å². The van der Waals surface area contributed by atoms with E-state index in [9.17, 15) is 0 Å². The van der Waals surface area contributed by atoms with Gasteiger partial charge in [0.2, 0.25) is 0 Å². The molecule has 8 heavy (non-hydrogen) atoms. The Morgan fingerprint density at radius 1 is 1.88 bits per heavy atom. The van der Waals surface area contributed by atoms with Gasteiger partial charge in [-0.15, -0.1) is 6.58 Å². The summed E-state index contributed by atoms with van der Waals surface area (Å²) in [5.41, 5.74) is 0. The van der Waals surface area contributed by atoms with Gasteiger partial charge in [0.1, 0.15) is 0 Å². The van der Waals surface area contributed by atoms with Crippen molar-refractivity contribution < 1.29 is 4.18 Å². The second-order valence-corrected chi connectivity index (χ2v) is 2.95. The Balaban J connectivity index is 2.14. The third-order valence-corrected chi connectivity index (χ3v) is 2.16. The van der Waals surface area contributed by atoms with Crippen LogP contribution in [0, 0.1) is 0 Å². The van der Waals surface area contributed by atoms with E-state index >= 15 is 0 Å². The molecule has 0 aromatic heterocycles. The van der Waals surface area contributed by atoms with Crippen molar-refractivity contribution in [2.45, 2.75) is 18.1 Å². The highest BCUT2D eigenvalue weighted by Crippen LogP contribution is 2.26. The second kappa shape index (κ2) is 3.15. The van der Waals surface area contributed by atoms with E-state index in [2.05, 4.69) is 6.58 Å². The molecule has 0 saturated carbocycles. The van der Waals surface area contributed by atoms with Gasteiger partial charge in [0.05, 0.1) is 6.61 Å². The lowest BCUT2D eigenvalue weighted by Crippen LogP contribution is -1.92. The summed E-state index contributed by atoms with van der Waals surface area (Å²) in [7, 11) is 0. The zero-order valence-corrected chi connectivity index (χ0v) is 5.62. The first-order chi connectivity index (χ1) is 3.93. The molecule has 1 aliphatic heterocycles. The van der Waals surface area contributed by atoms with Gasteiger partial charge in [-0.25, -0.2) is 0 Å². The molecular weight excluding hydrogens is 120 g/mol. The summed E-state index contributed by atoms with van der Waals surface area (Å²) in [6.45, 7) is 4.58. The molecule has 0 aromatic rings. The summed E-state index contributed by atoms with van der Waals surface area (Å²) in [4.78, 5) is 0. The molecule has 0 spiro atoms. The molecule has 1 aliphatic rings. The predicted octanol–water partition coefficient (Wildman–Crippen LogP) is 2.00. The van der Waals surface area contributed by atoms with Crippen molar-refractivity contribution in [3.8, 4) is 0 Å². The molecule has 1 saturated heterocycles. The third kappa shape index (κ3) is 1.53. The van der Waals surface area contributed by atoms with Crippen molar-refractivity contribution in [3.05, 3.63) is 12.7 Å². The summed E-state index contributed by atoms with van der Waals surface area (Å²) in [5.74, 6) is 0. The van der Waals surface area contributed by atoms with Crippen molar-refractivity contribution >= 4 is 12.0 Å². The topological polar surface area (TPSA) is 9.23 Å². The fraction of sp³-hybridized carbons (Fsp3) is 0.667. The molecule has 0 aliphatic carbocycles. The maximum atomic E-state index is 5.08. The van der Waals surface area contributed by atoms with Gasteiger partial charge >= 0.3 is 0 Å². The van der Waals surface area contributed by atoms with Crippen molar-refractivity contribution in [1.82, 2.24) is 0 Å². The summed E-state index contributed by atoms with van der Waals surface area (Å²) < 4.78 is 5.08. The molecule has 1 fully saturated rings. The molecule has 1 heterocycles. The highest BCUT2D eigenvalue weighted by atomic mass is 32.2. The maximum Gasteiger partial charge on any atom is 0.0625 e. The smallest absolute Gasteiger partial charge is 0.0625 e. The molecule has 0 N–H and O–H groups in total. The summed E-state index contributed by atoms with van der Waals surface area (Å²) in [6.07, 6.45) is 4.23. The zero-order chi connectivity index (χ0) is 5.82. The molecule has 0 aromatic carbocycles. The van der Waals surface area contributed by atoms with Gasteiger partial charge in [-0.3, -0.25) is 0 Å². The highest BCUT2D eigenvalue weighted by Gasteiger charge is 2.14. The van der Waals surface area contributed by atoms with Gasteiger partial charge in [-0.2, -0.15) is 0 Å². The van der Waals surface area contributed by atoms with Gasteiger partial charge in [0.25, 0.3) is 0 Å². The number of allylic oxidation sites excluding steroid dienone is 1. The molecular formula is C6H10OS. The SMILES string of the molecule is C=CCC1CCOS1. The normalized spacial score (nSPS) is 28.2. The van der Waals surface area contributed by atoms with E-state index in [0.29, 0.717) is 5.25 Å². The number of hydrogen-bond acceptors (Lipinski definition) is 2. The van der Waals surface area contributed by atoms with E-state index in [1.165, 1.54) is 6.42 Å². The fourth-order valence-electron chi connectivity index (χ4n) is 0.715. The Kier molecular flexibility index (Phi) is 2.43. The number of hydrogen-bond donors (Lipinski definition) is 0. The average molecular weight is 130 g/mol. The van der Waals surface area contributed by atoms with Gasteiger partial charge in [0, 0.05) is 5.25 Å². The first-order valence-corrected chi connectivity index (χ1v) is 3.63. The molecule has 0 amide bonds. The second-order valence-electron chi connectivity index (χ2n) is 1.85. The molecule has 1 rings (SSSR count). The van der Waals surface area contributed by atoms with Crippen molar-refractivity contribution in [1.29, 1.82) is 0 Å². The third-order valence-electron chi connectivity index (χ3n) is 1.16. The Labute approximate surface area is 54.3 Å². The van der Waals surface area contributed by atoms with E-state index in [1.807, 2.05) is 6.08 Å². The quantitative estimate of drug-likeness (QED) is 0.417. The average Bonchev–Trinajstić information content (AvgIpc) is 2.19. The Hall–Kier alpha value is 0.0500. The lowest BCUT2D eigenvalue weighted by molar-refractivity contribution is 0.401. The van der Waals surface area contributed by atoms with Crippen LogP contribution in [0.5, 0.6) is 0 Å². The standard InChI is InChI=1S/C6H10OS/c1-2-3-6-4-5-7-8-6/h2,6H,1,3-5H2. The van der Waals surface area contributed by atoms with Crippen molar-refractivity contribution in [3.63, 3.8) is 0 Å². The minimum atomic E-state index is 0.687. The Morgan fingerprint density at radius 3 is 3.25 bits per heavy atom. The van der Waals surface area contributed by atoms with Crippen LogP contribution in [0.15, 0.2) is 12.7 Å². The van der Waals surface area contributed by atoms with E-state index in [0.717, 1.165) is 13.0 Å². The lowest BCUT2D eigenvalue weighted by Gasteiger charge is -1.97. The van der Waals surface area contributed by atoms with E-state index in [4.69, 9.17) is 4.18 Å². The van der Waals surface area contributed by atoms with Crippen LogP contribution in [0.25, 0.3) is 0 Å². The molecule has 1 atom stereocenters. The van der Waals surface area contributed by atoms with E-state index in [-0.39, 0.29) is 0 Å². The van der Waals surface area contributed by atoms with Gasteiger partial charge in [0.15, 0.2) is 0 Å². The molecule has 1 nitrogen and oxygen atoms in total. The first-order valence-electron chi connectivity index (χ1n) is 2.82. The molecule has 1 unspecified atom stereocenters. The zero-order valence-electron chi connectivity index (χ0n) is 4.80. The van der Waals surface area contributed by atoms with E-state index in [1.54, 1.807) is 12.0 Å². The monoisotopic (exact) mass is 130 g/mol. The molecule has 0 bridgehead atoms. The largest absolute Gasteiger partial charge is 0.315 e. The van der Waals surface area contributed by atoms with Crippen LogP contribution in [0.3, 0.4) is 0 Å². The highest BCUT2D eigenvalue weighted by molar-refractivity contribution is 7.95. The van der Waals surface area contributed by atoms with Crippen LogP contribution in [0.2, 0.25) is 0 Å². The summed E-state index contributed by atoms with van der Waals surface area (Å²) >= 11 is 1.60. The maximum absolute atomic E-state index is 5.08. The summed E-state index contributed by atoms with van der Waals surface area (Å²) in [6, 6.07) is 0. The fourth-order valence-corrected chi connectivity index (χ4v) is 1.51. The molecule has 0 radical (unpaired) electrons. The lowest BCUT2D eigenvalue weighted by atomic mass is 10.2. The van der Waals surface area contributed by atoms with Gasteiger partial charge in [-0.05, 0) is 24.9 Å². The van der Waals surface area contributed by atoms with Crippen molar-refractivity contribution in [2.75, 3.05) is 6.61 Å². The van der Waals surface area contributed by atoms with Gasteiger partial charge in [-0.1, -0.05) is 6.08 Å². The Bertz CT molecular complexity index is 76.6. The minimum absolute atomic E-state index is 0.687.